The topological polar surface area (TPSA) is 26.3 Å². The Morgan fingerprint density at radius 3 is 2.38 bits per heavy atom. The second kappa shape index (κ2) is 5.66. The second-order valence-corrected chi connectivity index (χ2v) is 5.69. The summed E-state index contributed by atoms with van der Waals surface area (Å²) in [5.41, 5.74) is 0.643. The fourth-order valence-corrected chi connectivity index (χ4v) is 1.43. The molecule has 3 heteroatoms. The van der Waals surface area contributed by atoms with Crippen LogP contribution in [0.25, 0.3) is 0 Å². The van der Waals surface area contributed by atoms with Crippen molar-refractivity contribution in [3.63, 3.8) is 0 Å². The van der Waals surface area contributed by atoms with Crippen molar-refractivity contribution in [2.45, 2.75) is 33.8 Å². The van der Waals surface area contributed by atoms with Crippen LogP contribution in [0, 0.1) is 8.99 Å². The van der Waals surface area contributed by atoms with Gasteiger partial charge in [0.25, 0.3) is 0 Å². The molecule has 0 unspecified atom stereocenters. The summed E-state index contributed by atoms with van der Waals surface area (Å²) in [5, 5.41) is 0. The van der Waals surface area contributed by atoms with Gasteiger partial charge in [-0.2, -0.15) is 0 Å². The molecule has 0 saturated heterocycles. The molecule has 16 heavy (non-hydrogen) atoms. The van der Waals surface area contributed by atoms with E-state index in [2.05, 4.69) is 22.6 Å². The number of carbonyl (C=O) groups excluding carboxylic acids is 1. The smallest absolute Gasteiger partial charge is 0.311 e. The Hall–Kier alpha value is -0.580. The summed E-state index contributed by atoms with van der Waals surface area (Å²) in [6.45, 7) is 6.16. The van der Waals surface area contributed by atoms with Gasteiger partial charge in [-0.25, -0.2) is 0 Å². The van der Waals surface area contributed by atoms with E-state index in [-0.39, 0.29) is 11.4 Å². The van der Waals surface area contributed by atoms with Gasteiger partial charge < -0.3 is 4.74 Å². The number of rotatable bonds is 4. The van der Waals surface area contributed by atoms with Crippen LogP contribution in [0.2, 0.25) is 0 Å². The molecular formula is C13H17IO2. The first kappa shape index (κ1) is 13.5. The minimum Gasteiger partial charge on any atom is -0.460 e. The van der Waals surface area contributed by atoms with E-state index in [9.17, 15) is 4.79 Å². The molecule has 0 aliphatic rings. The summed E-state index contributed by atoms with van der Waals surface area (Å²) in [6.07, 6.45) is 0.790. The molecule has 0 bridgehead atoms. The number of ether oxygens (including phenoxy) is 1. The first-order valence-corrected chi connectivity index (χ1v) is 6.45. The van der Waals surface area contributed by atoms with Crippen LogP contribution in [0.4, 0.5) is 0 Å². The van der Waals surface area contributed by atoms with Gasteiger partial charge in [0, 0.05) is 3.57 Å². The molecule has 0 aliphatic heterocycles. The van der Waals surface area contributed by atoms with E-state index in [1.54, 1.807) is 0 Å². The average Bonchev–Trinajstić information content (AvgIpc) is 2.28. The third-order valence-electron chi connectivity index (χ3n) is 2.72. The lowest BCUT2D eigenvalue weighted by Crippen LogP contribution is -2.25. The van der Waals surface area contributed by atoms with Crippen molar-refractivity contribution < 1.29 is 9.53 Å². The predicted octanol–water partition coefficient (Wildman–Crippen LogP) is 3.77. The summed E-state index contributed by atoms with van der Waals surface area (Å²) in [4.78, 5) is 11.7. The zero-order valence-corrected chi connectivity index (χ0v) is 12.1. The van der Waals surface area contributed by atoms with Crippen LogP contribution in [-0.4, -0.2) is 5.97 Å². The van der Waals surface area contributed by atoms with Crippen LogP contribution in [0.5, 0.6) is 0 Å². The van der Waals surface area contributed by atoms with Gasteiger partial charge in [0.2, 0.25) is 0 Å². The molecular weight excluding hydrogens is 315 g/mol. The molecule has 0 N–H and O–H groups in total. The van der Waals surface area contributed by atoms with Crippen LogP contribution in [0.15, 0.2) is 24.3 Å². The van der Waals surface area contributed by atoms with E-state index in [4.69, 9.17) is 4.74 Å². The number of halogens is 1. The molecule has 1 rings (SSSR count). The summed E-state index contributed by atoms with van der Waals surface area (Å²) in [7, 11) is 0. The Morgan fingerprint density at radius 1 is 1.31 bits per heavy atom. The number of hydrogen-bond acceptors (Lipinski definition) is 2. The van der Waals surface area contributed by atoms with E-state index in [1.165, 1.54) is 3.57 Å². The second-order valence-electron chi connectivity index (χ2n) is 4.44. The van der Waals surface area contributed by atoms with Crippen molar-refractivity contribution in [1.29, 1.82) is 0 Å². The maximum atomic E-state index is 11.7. The molecule has 1 aromatic rings. The summed E-state index contributed by atoms with van der Waals surface area (Å²) < 4.78 is 6.46. The minimum atomic E-state index is -0.386. The van der Waals surface area contributed by atoms with E-state index < -0.39 is 0 Å². The molecule has 0 aliphatic carbocycles. The minimum absolute atomic E-state index is 0.131. The predicted molar refractivity (Wildman–Crippen MR) is 73.0 cm³/mol. The highest BCUT2D eigenvalue weighted by atomic mass is 127. The molecule has 0 fully saturated rings. The lowest BCUT2D eigenvalue weighted by atomic mass is 9.91. The summed E-state index contributed by atoms with van der Waals surface area (Å²) >= 11 is 2.25. The van der Waals surface area contributed by atoms with Gasteiger partial charge >= 0.3 is 5.97 Å². The number of benzene rings is 1. The van der Waals surface area contributed by atoms with Crippen LogP contribution >= 0.6 is 22.6 Å². The van der Waals surface area contributed by atoms with Crippen molar-refractivity contribution in [3.05, 3.63) is 33.4 Å². The number of hydrogen-bond donors (Lipinski definition) is 0. The lowest BCUT2D eigenvalue weighted by Gasteiger charge is -2.20. The Balaban J connectivity index is 2.52. The van der Waals surface area contributed by atoms with Gasteiger partial charge in [-0.15, -0.1) is 0 Å². The molecule has 0 atom stereocenters. The Labute approximate surface area is 111 Å². The molecule has 0 saturated carbocycles. The third kappa shape index (κ3) is 3.77. The number of carbonyl (C=O) groups is 1. The average molecular weight is 332 g/mol. The molecule has 2 nitrogen and oxygen atoms in total. The van der Waals surface area contributed by atoms with Crippen LogP contribution in [0.3, 0.4) is 0 Å². The van der Waals surface area contributed by atoms with Gasteiger partial charge in [-0.1, -0.05) is 19.1 Å². The van der Waals surface area contributed by atoms with Crippen molar-refractivity contribution in [3.8, 4) is 0 Å². The zero-order chi connectivity index (χ0) is 12.2. The standard InChI is InChI=1S/C13H17IO2/c1-4-13(2,3)12(15)16-9-10-5-7-11(14)8-6-10/h5-8H,4,9H2,1-3H3. The zero-order valence-electron chi connectivity index (χ0n) is 9.92. The summed E-state index contributed by atoms with van der Waals surface area (Å²) in [5.74, 6) is -0.131. The van der Waals surface area contributed by atoms with Gasteiger partial charge in [0.15, 0.2) is 0 Å². The van der Waals surface area contributed by atoms with Gasteiger partial charge in [-0.05, 0) is 60.6 Å². The molecule has 1 aromatic carbocycles. The molecule has 0 heterocycles. The first-order chi connectivity index (χ1) is 7.45. The molecule has 0 amide bonds. The fourth-order valence-electron chi connectivity index (χ4n) is 1.07. The van der Waals surface area contributed by atoms with Crippen molar-refractivity contribution in [2.75, 3.05) is 0 Å². The highest BCUT2D eigenvalue weighted by Crippen LogP contribution is 2.22. The van der Waals surface area contributed by atoms with Gasteiger partial charge in [0.05, 0.1) is 5.41 Å². The van der Waals surface area contributed by atoms with E-state index in [0.29, 0.717) is 6.61 Å². The molecule has 0 radical (unpaired) electrons. The number of esters is 1. The maximum Gasteiger partial charge on any atom is 0.311 e. The SMILES string of the molecule is CCC(C)(C)C(=O)OCc1ccc(I)cc1. The van der Waals surface area contributed by atoms with Crippen LogP contribution in [-0.2, 0) is 16.1 Å². The quantitative estimate of drug-likeness (QED) is 0.620. The van der Waals surface area contributed by atoms with Crippen LogP contribution < -0.4 is 0 Å². The van der Waals surface area contributed by atoms with Gasteiger partial charge in [-0.3, -0.25) is 4.79 Å². The van der Waals surface area contributed by atoms with Crippen molar-refractivity contribution in [2.24, 2.45) is 5.41 Å². The van der Waals surface area contributed by atoms with E-state index in [1.807, 2.05) is 45.0 Å². The molecule has 88 valence electrons. The fraction of sp³-hybridized carbons (Fsp3) is 0.462. The largest absolute Gasteiger partial charge is 0.460 e. The highest BCUT2D eigenvalue weighted by molar-refractivity contribution is 14.1. The lowest BCUT2D eigenvalue weighted by molar-refractivity contribution is -0.155. The third-order valence-corrected chi connectivity index (χ3v) is 3.44. The monoisotopic (exact) mass is 332 g/mol. The summed E-state index contributed by atoms with van der Waals surface area (Å²) in [6, 6.07) is 7.98. The van der Waals surface area contributed by atoms with Crippen LogP contribution in [0.1, 0.15) is 32.8 Å². The maximum absolute atomic E-state index is 11.7. The Morgan fingerprint density at radius 2 is 1.88 bits per heavy atom. The first-order valence-electron chi connectivity index (χ1n) is 5.37. The normalized spacial score (nSPS) is 11.2. The highest BCUT2D eigenvalue weighted by Gasteiger charge is 2.26. The van der Waals surface area contributed by atoms with Gasteiger partial charge in [0.1, 0.15) is 6.61 Å². The Kier molecular flexibility index (Phi) is 4.77. The van der Waals surface area contributed by atoms with Crippen molar-refractivity contribution >= 4 is 28.6 Å². The van der Waals surface area contributed by atoms with E-state index >= 15 is 0 Å². The van der Waals surface area contributed by atoms with E-state index in [0.717, 1.165) is 12.0 Å². The molecule has 0 spiro atoms. The Bertz CT molecular complexity index is 355. The van der Waals surface area contributed by atoms with Crippen molar-refractivity contribution in [1.82, 2.24) is 0 Å². The molecule has 0 aromatic heterocycles.